The van der Waals surface area contributed by atoms with Gasteiger partial charge < -0.3 is 10.2 Å². The lowest BCUT2D eigenvalue weighted by Crippen LogP contribution is -2.67. The Morgan fingerprint density at radius 2 is 1.73 bits per heavy atom. The largest absolute Gasteiger partial charge is 0.395 e. The summed E-state index contributed by atoms with van der Waals surface area (Å²) in [6.45, 7) is 8.72. The van der Waals surface area contributed by atoms with Crippen molar-refractivity contribution in [2.24, 2.45) is 33.5 Å². The summed E-state index contributed by atoms with van der Waals surface area (Å²) in [4.78, 5) is 0.118. The molecule has 1 aromatic rings. The van der Waals surface area contributed by atoms with Gasteiger partial charge in [-0.3, -0.25) is 4.18 Å². The van der Waals surface area contributed by atoms with Crippen LogP contribution in [0.25, 0.3) is 0 Å². The van der Waals surface area contributed by atoms with Crippen LogP contribution in [-0.4, -0.2) is 37.4 Å². The van der Waals surface area contributed by atoms with E-state index in [4.69, 9.17) is 4.18 Å². The maximum atomic E-state index is 13.4. The summed E-state index contributed by atoms with van der Waals surface area (Å²) in [5, 5.41) is 22.2. The fraction of sp³-hybridized carbons (Fsp3) is 0.704. The second-order valence-electron chi connectivity index (χ2n) is 12.2. The highest BCUT2D eigenvalue weighted by Gasteiger charge is 2.72. The number of rotatable bonds is 4. The van der Waals surface area contributed by atoms with Crippen LogP contribution in [0.2, 0.25) is 0 Å². The maximum absolute atomic E-state index is 13.4. The van der Waals surface area contributed by atoms with Crippen LogP contribution < -0.4 is 0 Å². The molecule has 0 saturated heterocycles. The number of fused-ring (bicyclic) bond motifs is 3. The first-order valence-electron chi connectivity index (χ1n) is 12.4. The van der Waals surface area contributed by atoms with Crippen molar-refractivity contribution in [2.45, 2.75) is 83.3 Å². The zero-order valence-corrected chi connectivity index (χ0v) is 21.1. The Labute approximate surface area is 198 Å². The Balaban J connectivity index is 1.60. The van der Waals surface area contributed by atoms with Crippen molar-refractivity contribution in [3.63, 3.8) is 0 Å². The van der Waals surface area contributed by atoms with Crippen molar-refractivity contribution in [3.05, 3.63) is 42.0 Å². The molecule has 0 radical (unpaired) electrons. The summed E-state index contributed by atoms with van der Waals surface area (Å²) in [7, 11) is -4.06. The first-order valence-corrected chi connectivity index (χ1v) is 13.8. The third-order valence-electron chi connectivity index (χ3n) is 10.1. The monoisotopic (exact) mass is 474 g/mol. The molecular formula is C27H38O5S. The zero-order chi connectivity index (χ0) is 23.9. The fourth-order valence-electron chi connectivity index (χ4n) is 8.46. The van der Waals surface area contributed by atoms with E-state index in [-0.39, 0.29) is 28.3 Å². The molecule has 2 bridgehead atoms. The molecule has 7 atom stereocenters. The summed E-state index contributed by atoms with van der Waals surface area (Å²) < 4.78 is 32.9. The van der Waals surface area contributed by atoms with E-state index in [1.165, 1.54) is 0 Å². The molecule has 0 heterocycles. The first kappa shape index (κ1) is 23.5. The predicted octanol–water partition coefficient (Wildman–Crippen LogP) is 4.61. The van der Waals surface area contributed by atoms with Crippen molar-refractivity contribution < 1.29 is 22.8 Å². The first-order chi connectivity index (χ1) is 15.4. The minimum Gasteiger partial charge on any atom is -0.395 e. The van der Waals surface area contributed by atoms with Gasteiger partial charge in [0.05, 0.1) is 17.6 Å². The molecular weight excluding hydrogens is 436 g/mol. The molecule has 4 aliphatic carbocycles. The normalized spacial score (nSPS) is 43.7. The summed E-state index contributed by atoms with van der Waals surface area (Å²) >= 11 is 0. The Kier molecular flexibility index (Phi) is 5.27. The summed E-state index contributed by atoms with van der Waals surface area (Å²) in [6, 6.07) is 6.67. The Bertz CT molecular complexity index is 1060. The fourth-order valence-corrected chi connectivity index (χ4v) is 9.65. The number of aliphatic hydroxyl groups excluding tert-OH is 2. The molecule has 3 saturated carbocycles. The zero-order valence-electron chi connectivity index (χ0n) is 20.3. The average Bonchev–Trinajstić information content (AvgIpc) is 2.93. The van der Waals surface area contributed by atoms with E-state index in [0.717, 1.165) is 31.2 Å². The topological polar surface area (TPSA) is 83.8 Å². The van der Waals surface area contributed by atoms with E-state index in [1.54, 1.807) is 24.3 Å². The number of hydrogen-bond donors (Lipinski definition) is 2. The van der Waals surface area contributed by atoms with Gasteiger partial charge in [-0.1, -0.05) is 57.0 Å². The van der Waals surface area contributed by atoms with E-state index < -0.39 is 33.2 Å². The van der Waals surface area contributed by atoms with Crippen molar-refractivity contribution in [1.82, 2.24) is 0 Å². The van der Waals surface area contributed by atoms with E-state index in [0.29, 0.717) is 18.8 Å². The molecule has 2 N–H and O–H groups in total. The minimum atomic E-state index is -4.06. The van der Waals surface area contributed by atoms with Crippen LogP contribution in [0.4, 0.5) is 0 Å². The molecule has 33 heavy (non-hydrogen) atoms. The lowest BCUT2D eigenvalue weighted by Gasteiger charge is -2.67. The third kappa shape index (κ3) is 3.17. The lowest BCUT2D eigenvalue weighted by atomic mass is 9.39. The van der Waals surface area contributed by atoms with Crippen molar-refractivity contribution in [2.75, 3.05) is 6.61 Å². The third-order valence-corrected chi connectivity index (χ3v) is 11.4. The Hall–Kier alpha value is -1.21. The molecule has 6 heteroatoms. The van der Waals surface area contributed by atoms with Crippen LogP contribution in [0.5, 0.6) is 0 Å². The van der Waals surface area contributed by atoms with Gasteiger partial charge in [-0.2, -0.15) is 8.42 Å². The standard InChI is InChI=1S/C27H38O5S/c1-18-6-8-19(9-7-18)33(30,31)32-23-26(17-28)13-10-20-25(4)12-5-11-24(2,3)21(25)16-22(29)27(20,23)15-14-26/h6-9,14-15,20-23,28-29H,5,10-13,16-17H2,1-4H3/t20-,21+,22-,23+,25-,26+,27+/m1/s1. The molecule has 0 aromatic heterocycles. The highest BCUT2D eigenvalue weighted by Crippen LogP contribution is 2.72. The second-order valence-corrected chi connectivity index (χ2v) is 13.8. The second kappa shape index (κ2) is 7.39. The molecule has 5 nitrogen and oxygen atoms in total. The average molecular weight is 475 g/mol. The number of aryl methyl sites for hydroxylation is 1. The quantitative estimate of drug-likeness (QED) is 0.492. The predicted molar refractivity (Wildman–Crippen MR) is 127 cm³/mol. The molecule has 5 rings (SSSR count). The van der Waals surface area contributed by atoms with Gasteiger partial charge in [0.1, 0.15) is 6.10 Å². The van der Waals surface area contributed by atoms with Crippen molar-refractivity contribution in [1.29, 1.82) is 0 Å². The van der Waals surface area contributed by atoms with Crippen LogP contribution in [0.3, 0.4) is 0 Å². The maximum Gasteiger partial charge on any atom is 0.297 e. The Morgan fingerprint density at radius 3 is 2.39 bits per heavy atom. The van der Waals surface area contributed by atoms with E-state index >= 15 is 0 Å². The van der Waals surface area contributed by atoms with Crippen molar-refractivity contribution >= 4 is 10.1 Å². The number of aliphatic hydroxyl groups is 2. The molecule has 182 valence electrons. The van der Waals surface area contributed by atoms with Gasteiger partial charge in [-0.15, -0.1) is 0 Å². The van der Waals surface area contributed by atoms with Crippen LogP contribution in [0.1, 0.15) is 64.9 Å². The highest BCUT2D eigenvalue weighted by atomic mass is 32.2. The smallest absolute Gasteiger partial charge is 0.297 e. The van der Waals surface area contributed by atoms with Crippen molar-refractivity contribution in [3.8, 4) is 0 Å². The van der Waals surface area contributed by atoms with E-state index in [9.17, 15) is 18.6 Å². The number of benzene rings is 1. The van der Waals surface area contributed by atoms with E-state index in [1.807, 2.05) is 19.1 Å². The summed E-state index contributed by atoms with van der Waals surface area (Å²) in [6.07, 6.45) is 8.01. The van der Waals surface area contributed by atoms with Crippen LogP contribution in [0, 0.1) is 40.4 Å². The molecule has 0 unspecified atom stereocenters. The molecule has 4 aliphatic rings. The van der Waals surface area contributed by atoms with Crippen LogP contribution >= 0.6 is 0 Å². The Morgan fingerprint density at radius 1 is 1.03 bits per heavy atom. The summed E-state index contributed by atoms with van der Waals surface area (Å²) in [5.41, 5.74) is -0.499. The van der Waals surface area contributed by atoms with E-state index in [2.05, 4.69) is 20.8 Å². The van der Waals surface area contributed by atoms with Gasteiger partial charge in [0, 0.05) is 10.8 Å². The summed E-state index contributed by atoms with van der Waals surface area (Å²) in [5.74, 6) is 0.476. The molecule has 1 aromatic carbocycles. The van der Waals surface area contributed by atoms with Gasteiger partial charge in [0.15, 0.2) is 0 Å². The van der Waals surface area contributed by atoms with Gasteiger partial charge in [0.25, 0.3) is 10.1 Å². The molecule has 0 amide bonds. The SMILES string of the molecule is Cc1ccc(S(=O)(=O)O[C@H]2[C@]3(CO)C=C[C@]24[C@H](O)C[C@H]2C(C)(C)CCC[C@]2(C)[C@H]4CC3)cc1. The molecule has 0 aliphatic heterocycles. The lowest BCUT2D eigenvalue weighted by molar-refractivity contribution is -0.227. The highest BCUT2D eigenvalue weighted by molar-refractivity contribution is 7.86. The van der Waals surface area contributed by atoms with Gasteiger partial charge in [0.2, 0.25) is 0 Å². The molecule has 3 fully saturated rings. The van der Waals surface area contributed by atoms with Crippen LogP contribution in [0.15, 0.2) is 41.3 Å². The van der Waals surface area contributed by atoms with Gasteiger partial charge in [-0.25, -0.2) is 0 Å². The van der Waals surface area contributed by atoms with Gasteiger partial charge >= 0.3 is 0 Å². The van der Waals surface area contributed by atoms with Gasteiger partial charge in [-0.05, 0) is 73.8 Å². The molecule has 1 spiro atoms. The van der Waals surface area contributed by atoms with Crippen LogP contribution in [-0.2, 0) is 14.3 Å². The number of hydrogen-bond acceptors (Lipinski definition) is 5. The minimum absolute atomic E-state index is 0.00743.